The Kier molecular flexibility index (Phi) is 5.87. The van der Waals surface area contributed by atoms with Crippen molar-refractivity contribution < 1.29 is 9.53 Å². The van der Waals surface area contributed by atoms with E-state index in [0.29, 0.717) is 16.6 Å². The van der Waals surface area contributed by atoms with E-state index in [0.717, 1.165) is 16.9 Å². The molecule has 0 radical (unpaired) electrons. The fourth-order valence-electron chi connectivity index (χ4n) is 1.83. The molecular weight excluding hydrogens is 321 g/mol. The fourth-order valence-corrected chi connectivity index (χ4v) is 2.30. The van der Waals surface area contributed by atoms with Crippen LogP contribution in [0.25, 0.3) is 6.08 Å². The summed E-state index contributed by atoms with van der Waals surface area (Å²) in [5.41, 5.74) is 1.70. The third kappa shape index (κ3) is 4.79. The molecule has 1 amide bonds. The normalized spacial score (nSPS) is 10.7. The van der Waals surface area contributed by atoms with Crippen LogP contribution >= 0.6 is 23.2 Å². The maximum Gasteiger partial charge on any atom is 0.244 e. The fraction of sp³-hybridized carbons (Fsp3) is 0.118. The van der Waals surface area contributed by atoms with E-state index in [1.54, 1.807) is 31.4 Å². The minimum atomic E-state index is -0.200. The number of hydrogen-bond acceptors (Lipinski definition) is 2. The molecule has 0 aliphatic carbocycles. The molecular formula is C17H15Cl2NO2. The van der Waals surface area contributed by atoms with Crippen LogP contribution in [-0.4, -0.2) is 13.0 Å². The SMILES string of the molecule is COc1cccc(CNC(=O)C=Cc2ccc(Cl)cc2Cl)c1. The van der Waals surface area contributed by atoms with Crippen LogP contribution in [0.4, 0.5) is 0 Å². The van der Waals surface area contributed by atoms with Gasteiger partial charge < -0.3 is 10.1 Å². The second-order valence-corrected chi connectivity index (χ2v) is 5.41. The van der Waals surface area contributed by atoms with Crippen molar-refractivity contribution in [1.29, 1.82) is 0 Å². The maximum atomic E-state index is 11.8. The highest BCUT2D eigenvalue weighted by Crippen LogP contribution is 2.21. The summed E-state index contributed by atoms with van der Waals surface area (Å²) >= 11 is 11.9. The molecule has 3 nitrogen and oxygen atoms in total. The number of halogens is 2. The van der Waals surface area contributed by atoms with Crippen LogP contribution in [0.1, 0.15) is 11.1 Å². The van der Waals surface area contributed by atoms with Gasteiger partial charge in [0.15, 0.2) is 0 Å². The molecule has 0 saturated carbocycles. The highest BCUT2D eigenvalue weighted by atomic mass is 35.5. The molecule has 0 spiro atoms. The lowest BCUT2D eigenvalue weighted by molar-refractivity contribution is -0.116. The Morgan fingerprint density at radius 2 is 2.05 bits per heavy atom. The van der Waals surface area contributed by atoms with Crippen molar-refractivity contribution >= 4 is 35.2 Å². The topological polar surface area (TPSA) is 38.3 Å². The van der Waals surface area contributed by atoms with Crippen LogP contribution in [0, 0.1) is 0 Å². The van der Waals surface area contributed by atoms with Crippen LogP contribution in [0.5, 0.6) is 5.75 Å². The average molecular weight is 336 g/mol. The van der Waals surface area contributed by atoms with Gasteiger partial charge in [-0.25, -0.2) is 0 Å². The predicted molar refractivity (Wildman–Crippen MR) is 90.3 cm³/mol. The largest absolute Gasteiger partial charge is 0.497 e. The van der Waals surface area contributed by atoms with E-state index in [-0.39, 0.29) is 5.91 Å². The Morgan fingerprint density at radius 3 is 2.77 bits per heavy atom. The van der Waals surface area contributed by atoms with Crippen molar-refractivity contribution in [3.05, 3.63) is 69.7 Å². The third-order valence-corrected chi connectivity index (χ3v) is 3.54. The maximum absolute atomic E-state index is 11.8. The lowest BCUT2D eigenvalue weighted by Gasteiger charge is -2.05. The zero-order chi connectivity index (χ0) is 15.9. The summed E-state index contributed by atoms with van der Waals surface area (Å²) in [7, 11) is 1.61. The van der Waals surface area contributed by atoms with Gasteiger partial charge in [0.25, 0.3) is 0 Å². The van der Waals surface area contributed by atoms with Gasteiger partial charge in [-0.2, -0.15) is 0 Å². The molecule has 0 aliphatic rings. The van der Waals surface area contributed by atoms with Gasteiger partial charge in [0, 0.05) is 22.7 Å². The molecule has 0 unspecified atom stereocenters. The first kappa shape index (κ1) is 16.4. The monoisotopic (exact) mass is 335 g/mol. The van der Waals surface area contributed by atoms with Crippen LogP contribution < -0.4 is 10.1 Å². The number of rotatable bonds is 5. The molecule has 114 valence electrons. The molecule has 22 heavy (non-hydrogen) atoms. The van der Waals surface area contributed by atoms with Gasteiger partial charge in [0.05, 0.1) is 7.11 Å². The van der Waals surface area contributed by atoms with Crippen molar-refractivity contribution in [2.24, 2.45) is 0 Å². The number of carbonyl (C=O) groups excluding carboxylic acids is 1. The summed E-state index contributed by atoms with van der Waals surface area (Å²) in [4.78, 5) is 11.8. The number of hydrogen-bond donors (Lipinski definition) is 1. The zero-order valence-corrected chi connectivity index (χ0v) is 13.5. The Labute approximate surface area is 139 Å². The quantitative estimate of drug-likeness (QED) is 0.826. The smallest absolute Gasteiger partial charge is 0.244 e. The number of carbonyl (C=O) groups is 1. The first-order valence-electron chi connectivity index (χ1n) is 6.62. The van der Waals surface area contributed by atoms with Crippen molar-refractivity contribution in [3.63, 3.8) is 0 Å². The number of amides is 1. The highest BCUT2D eigenvalue weighted by Gasteiger charge is 2.01. The number of methoxy groups -OCH3 is 1. The first-order chi connectivity index (χ1) is 10.6. The Balaban J connectivity index is 1.93. The van der Waals surface area contributed by atoms with Crippen molar-refractivity contribution in [1.82, 2.24) is 5.32 Å². The number of benzene rings is 2. The van der Waals surface area contributed by atoms with Gasteiger partial charge in [-0.3, -0.25) is 4.79 Å². The summed E-state index contributed by atoms with van der Waals surface area (Å²) in [6.07, 6.45) is 3.09. The van der Waals surface area contributed by atoms with E-state index in [4.69, 9.17) is 27.9 Å². The number of nitrogens with one attached hydrogen (secondary N) is 1. The van der Waals surface area contributed by atoms with Gasteiger partial charge in [-0.05, 0) is 41.5 Å². The first-order valence-corrected chi connectivity index (χ1v) is 7.38. The molecule has 0 fully saturated rings. The molecule has 0 bridgehead atoms. The van der Waals surface area contributed by atoms with Crippen molar-refractivity contribution in [2.75, 3.05) is 7.11 Å². The highest BCUT2D eigenvalue weighted by molar-refractivity contribution is 6.35. The molecule has 0 atom stereocenters. The zero-order valence-electron chi connectivity index (χ0n) is 12.0. The Morgan fingerprint density at radius 1 is 1.23 bits per heavy atom. The molecule has 0 saturated heterocycles. The van der Waals surface area contributed by atoms with Gasteiger partial charge >= 0.3 is 0 Å². The lowest BCUT2D eigenvalue weighted by Crippen LogP contribution is -2.20. The molecule has 0 heterocycles. The summed E-state index contributed by atoms with van der Waals surface area (Å²) < 4.78 is 5.14. The average Bonchev–Trinajstić information content (AvgIpc) is 2.52. The minimum Gasteiger partial charge on any atom is -0.497 e. The molecule has 5 heteroatoms. The van der Waals surface area contributed by atoms with Crippen LogP contribution in [0.3, 0.4) is 0 Å². The van der Waals surface area contributed by atoms with E-state index in [1.165, 1.54) is 6.08 Å². The summed E-state index contributed by atoms with van der Waals surface area (Å²) in [6, 6.07) is 12.6. The molecule has 2 rings (SSSR count). The Bertz CT molecular complexity index is 699. The number of ether oxygens (including phenoxy) is 1. The Hall–Kier alpha value is -1.97. The van der Waals surface area contributed by atoms with Gasteiger partial charge in [-0.1, -0.05) is 41.4 Å². The summed E-state index contributed by atoms with van der Waals surface area (Å²) in [6.45, 7) is 0.425. The lowest BCUT2D eigenvalue weighted by atomic mass is 10.2. The summed E-state index contributed by atoms with van der Waals surface area (Å²) in [5, 5.41) is 3.86. The standard InChI is InChI=1S/C17H15Cl2NO2/c1-22-15-4-2-3-12(9-15)11-20-17(21)8-6-13-5-7-14(18)10-16(13)19/h2-10H,11H2,1H3,(H,20,21). The van der Waals surface area contributed by atoms with E-state index in [9.17, 15) is 4.79 Å². The second-order valence-electron chi connectivity index (χ2n) is 4.57. The third-order valence-electron chi connectivity index (χ3n) is 2.98. The van der Waals surface area contributed by atoms with Crippen molar-refractivity contribution in [2.45, 2.75) is 6.54 Å². The molecule has 0 aromatic heterocycles. The molecule has 2 aromatic carbocycles. The molecule has 0 aliphatic heterocycles. The molecule has 1 N–H and O–H groups in total. The summed E-state index contributed by atoms with van der Waals surface area (Å²) in [5.74, 6) is 0.559. The van der Waals surface area contributed by atoms with Crippen LogP contribution in [0.2, 0.25) is 10.0 Å². The van der Waals surface area contributed by atoms with Crippen LogP contribution in [0.15, 0.2) is 48.5 Å². The second kappa shape index (κ2) is 7.87. The molecule has 2 aromatic rings. The van der Waals surface area contributed by atoms with E-state index >= 15 is 0 Å². The van der Waals surface area contributed by atoms with E-state index < -0.39 is 0 Å². The van der Waals surface area contributed by atoms with Gasteiger partial charge in [0.1, 0.15) is 5.75 Å². The van der Waals surface area contributed by atoms with Crippen LogP contribution in [-0.2, 0) is 11.3 Å². The van der Waals surface area contributed by atoms with E-state index in [2.05, 4.69) is 5.32 Å². The van der Waals surface area contributed by atoms with E-state index in [1.807, 2.05) is 24.3 Å². The van der Waals surface area contributed by atoms with Gasteiger partial charge in [-0.15, -0.1) is 0 Å². The predicted octanol–water partition coefficient (Wildman–Crippen LogP) is 4.33. The van der Waals surface area contributed by atoms with Gasteiger partial charge in [0.2, 0.25) is 5.91 Å². The van der Waals surface area contributed by atoms with Crippen molar-refractivity contribution in [3.8, 4) is 5.75 Å². The minimum absolute atomic E-state index is 0.200.